The van der Waals surface area contributed by atoms with Crippen LogP contribution in [0.2, 0.25) is 0 Å². The van der Waals surface area contributed by atoms with E-state index >= 15 is 0 Å². The van der Waals surface area contributed by atoms with Crippen molar-refractivity contribution < 1.29 is 33.8 Å². The van der Waals surface area contributed by atoms with Crippen molar-refractivity contribution in [1.82, 2.24) is 5.32 Å². The van der Waals surface area contributed by atoms with Gasteiger partial charge in [-0.3, -0.25) is 9.59 Å². The van der Waals surface area contributed by atoms with Gasteiger partial charge in [-0.2, -0.15) is 0 Å². The lowest BCUT2D eigenvalue weighted by molar-refractivity contribution is -0.892. The molecule has 0 saturated heterocycles. The maximum Gasteiger partial charge on any atom is 0.294 e. The molecule has 0 saturated carbocycles. The number of rotatable bonds is 13. The Kier molecular flexibility index (Phi) is 8.55. The number of carbonyl (C=O) groups is 2. The molecular weight excluding hydrogens is 394 g/mol. The number of nitrogens with zero attached hydrogens (tertiary/aromatic N) is 2. The van der Waals surface area contributed by atoms with Gasteiger partial charge in [-0.05, 0) is 24.5 Å². The number of ether oxygens (including phenoxy) is 1. The number of benzene rings is 1. The molecule has 0 aliphatic heterocycles. The zero-order valence-corrected chi connectivity index (χ0v) is 17.5. The Morgan fingerprint density at radius 1 is 1.37 bits per heavy atom. The molecule has 2 N–H and O–H groups in total. The van der Waals surface area contributed by atoms with Crippen molar-refractivity contribution in [3.63, 3.8) is 0 Å². The summed E-state index contributed by atoms with van der Waals surface area (Å²) < 4.78 is 6.19. The van der Waals surface area contributed by atoms with Gasteiger partial charge < -0.3 is 24.5 Å². The third-order valence-electron chi connectivity index (χ3n) is 4.93. The van der Waals surface area contributed by atoms with Gasteiger partial charge in [-0.15, -0.1) is 10.1 Å². The third kappa shape index (κ3) is 7.60. The van der Waals surface area contributed by atoms with Gasteiger partial charge in [0, 0.05) is 12.8 Å². The number of aliphatic hydroxyl groups excluding tert-OH is 1. The number of amides is 1. The molecule has 2 rings (SSSR count). The van der Waals surface area contributed by atoms with Crippen LogP contribution in [0.4, 0.5) is 0 Å². The number of aryl methyl sites for hydroxylation is 1. The maximum absolute atomic E-state index is 12.0. The van der Waals surface area contributed by atoms with Crippen molar-refractivity contribution in [2.45, 2.75) is 31.8 Å². The maximum atomic E-state index is 12.0. The van der Waals surface area contributed by atoms with E-state index in [9.17, 15) is 24.8 Å². The summed E-state index contributed by atoms with van der Waals surface area (Å²) in [4.78, 5) is 38.0. The quantitative estimate of drug-likeness (QED) is 0.207. The van der Waals surface area contributed by atoms with Crippen LogP contribution < -0.4 is 10.1 Å². The van der Waals surface area contributed by atoms with Gasteiger partial charge in [0.1, 0.15) is 25.0 Å². The van der Waals surface area contributed by atoms with Crippen molar-refractivity contribution in [3.05, 3.63) is 39.4 Å². The summed E-state index contributed by atoms with van der Waals surface area (Å²) in [6.07, 6.45) is 0.913. The molecule has 1 unspecified atom stereocenters. The summed E-state index contributed by atoms with van der Waals surface area (Å²) in [7, 11) is 3.87. The molecule has 166 valence electrons. The Labute approximate surface area is 175 Å². The summed E-state index contributed by atoms with van der Waals surface area (Å²) in [5.41, 5.74) is 1.62. The second kappa shape index (κ2) is 10.9. The number of hydrogen-bond acceptors (Lipinski definition) is 7. The molecule has 0 radical (unpaired) electrons. The summed E-state index contributed by atoms with van der Waals surface area (Å²) >= 11 is 0. The first-order valence-corrected chi connectivity index (χ1v) is 10.00. The normalized spacial score (nSPS) is 14.2. The first-order chi connectivity index (χ1) is 14.2. The molecule has 0 heterocycles. The zero-order chi connectivity index (χ0) is 22.1. The predicted octanol–water partition coefficient (Wildman–Crippen LogP) is 0.736. The average Bonchev–Trinajstić information content (AvgIpc) is 3.04. The number of ketones is 1. The van der Waals surface area contributed by atoms with Crippen LogP contribution in [-0.4, -0.2) is 79.4 Å². The van der Waals surface area contributed by atoms with E-state index < -0.39 is 11.2 Å². The smallest absolute Gasteiger partial charge is 0.294 e. The number of nitrogens with one attached hydrogen (secondary N) is 1. The number of aliphatic hydroxyl groups is 1. The molecule has 30 heavy (non-hydrogen) atoms. The minimum Gasteiger partial charge on any atom is -0.490 e. The van der Waals surface area contributed by atoms with E-state index in [0.717, 1.165) is 12.0 Å². The lowest BCUT2D eigenvalue weighted by atomic mass is 10.1. The van der Waals surface area contributed by atoms with Crippen LogP contribution in [0.5, 0.6) is 5.75 Å². The Hall–Kier alpha value is -2.72. The van der Waals surface area contributed by atoms with Gasteiger partial charge in [0.25, 0.3) is 5.09 Å². The van der Waals surface area contributed by atoms with Crippen molar-refractivity contribution in [1.29, 1.82) is 0 Å². The van der Waals surface area contributed by atoms with Crippen molar-refractivity contribution in [3.8, 4) is 5.75 Å². The van der Waals surface area contributed by atoms with E-state index in [2.05, 4.69) is 10.2 Å². The van der Waals surface area contributed by atoms with Crippen LogP contribution in [-0.2, 0) is 16.1 Å². The van der Waals surface area contributed by atoms with E-state index in [1.807, 2.05) is 26.2 Å². The number of fused-ring (bicyclic) bond motifs is 1. The van der Waals surface area contributed by atoms with Gasteiger partial charge in [0.15, 0.2) is 5.78 Å². The van der Waals surface area contributed by atoms with E-state index in [1.54, 1.807) is 6.07 Å². The number of hydrogen-bond donors (Lipinski definition) is 2. The topological polar surface area (TPSA) is 128 Å². The molecule has 1 amide bonds. The SMILES string of the molecule is C[N+](C)(CCNC(=O)CCCO[N+](=O)[O-])CC(O)COc1cccc2c1C(=O)CC2. The minimum atomic E-state index is -0.879. The van der Waals surface area contributed by atoms with Crippen LogP contribution in [0.25, 0.3) is 0 Å². The second-order valence-electron chi connectivity index (χ2n) is 8.03. The van der Waals surface area contributed by atoms with Crippen molar-refractivity contribution >= 4 is 11.7 Å². The molecule has 1 aromatic rings. The fraction of sp³-hybridized carbons (Fsp3) is 0.600. The number of carbonyl (C=O) groups excluding carboxylic acids is 2. The van der Waals surface area contributed by atoms with Crippen molar-refractivity contribution in [2.75, 3.05) is 46.9 Å². The summed E-state index contributed by atoms with van der Waals surface area (Å²) in [6, 6.07) is 5.53. The number of quaternary nitrogens is 1. The molecular formula is C20H30N3O7+. The van der Waals surface area contributed by atoms with Gasteiger partial charge in [-0.1, -0.05) is 12.1 Å². The van der Waals surface area contributed by atoms with E-state index in [0.29, 0.717) is 41.9 Å². The van der Waals surface area contributed by atoms with Crippen LogP contribution in [0.15, 0.2) is 18.2 Å². The molecule has 1 aliphatic rings. The first kappa shape index (κ1) is 23.6. The standard InChI is InChI=1S/C20H29N3O7/c1-23(2,11-10-21-19(26)7-4-12-30-22(27)28)13-16(24)14-29-18-6-3-5-15-8-9-17(25)20(15)18/h3,5-6,16,24H,4,7-14H2,1-2H3/p+1. The Morgan fingerprint density at radius 2 is 2.13 bits per heavy atom. The molecule has 0 spiro atoms. The van der Waals surface area contributed by atoms with Gasteiger partial charge in [0.05, 0.1) is 39.4 Å². The average molecular weight is 424 g/mol. The minimum absolute atomic E-state index is 0.0758. The van der Waals surface area contributed by atoms with Crippen LogP contribution in [0, 0.1) is 10.1 Å². The molecule has 1 atom stereocenters. The Morgan fingerprint density at radius 3 is 2.87 bits per heavy atom. The van der Waals surface area contributed by atoms with Crippen molar-refractivity contribution in [2.24, 2.45) is 0 Å². The lowest BCUT2D eigenvalue weighted by Gasteiger charge is -2.32. The van der Waals surface area contributed by atoms with E-state index in [-0.39, 0.29) is 37.7 Å². The highest BCUT2D eigenvalue weighted by atomic mass is 16.9. The monoisotopic (exact) mass is 424 g/mol. The van der Waals surface area contributed by atoms with Gasteiger partial charge in [0.2, 0.25) is 5.91 Å². The molecule has 0 bridgehead atoms. The van der Waals surface area contributed by atoms with Crippen LogP contribution in [0.3, 0.4) is 0 Å². The zero-order valence-electron chi connectivity index (χ0n) is 17.5. The van der Waals surface area contributed by atoms with Crippen LogP contribution >= 0.6 is 0 Å². The highest BCUT2D eigenvalue weighted by Gasteiger charge is 2.25. The van der Waals surface area contributed by atoms with E-state index in [1.165, 1.54) is 0 Å². The fourth-order valence-corrected chi connectivity index (χ4v) is 3.45. The van der Waals surface area contributed by atoms with Gasteiger partial charge >= 0.3 is 0 Å². The summed E-state index contributed by atoms with van der Waals surface area (Å²) in [5.74, 6) is 0.396. The summed E-state index contributed by atoms with van der Waals surface area (Å²) in [5, 5.41) is 22.3. The Balaban J connectivity index is 1.69. The predicted molar refractivity (Wildman–Crippen MR) is 108 cm³/mol. The summed E-state index contributed by atoms with van der Waals surface area (Å²) in [6.45, 7) is 1.39. The third-order valence-corrected chi connectivity index (χ3v) is 4.93. The molecule has 10 nitrogen and oxygen atoms in total. The number of likely N-dealkylation sites (N-methyl/N-ethyl adjacent to an activating group) is 1. The van der Waals surface area contributed by atoms with Crippen LogP contribution in [0.1, 0.15) is 35.2 Å². The molecule has 10 heteroatoms. The highest BCUT2D eigenvalue weighted by Crippen LogP contribution is 2.30. The largest absolute Gasteiger partial charge is 0.490 e. The number of Topliss-reactive ketones (excluding diaryl/α,β-unsaturated/α-hetero) is 1. The lowest BCUT2D eigenvalue weighted by Crippen LogP contribution is -2.50. The molecule has 0 aromatic heterocycles. The fourth-order valence-electron chi connectivity index (χ4n) is 3.45. The Bertz CT molecular complexity index is 767. The molecule has 1 aromatic carbocycles. The second-order valence-corrected chi connectivity index (χ2v) is 8.03. The van der Waals surface area contributed by atoms with Gasteiger partial charge in [-0.25, -0.2) is 0 Å². The first-order valence-electron chi connectivity index (χ1n) is 10.00. The molecule has 0 fully saturated rings. The highest BCUT2D eigenvalue weighted by molar-refractivity contribution is 6.02. The van der Waals surface area contributed by atoms with E-state index in [4.69, 9.17) is 4.74 Å². The molecule has 1 aliphatic carbocycles.